The molecule has 0 saturated heterocycles. The molecule has 0 aromatic carbocycles. The molecule has 0 aliphatic rings. The van der Waals surface area contributed by atoms with Crippen molar-refractivity contribution in [2.45, 2.75) is 26.7 Å². The van der Waals surface area contributed by atoms with E-state index in [-0.39, 0.29) is 17.0 Å². The van der Waals surface area contributed by atoms with E-state index in [0.717, 1.165) is 11.4 Å². The van der Waals surface area contributed by atoms with Crippen LogP contribution in [0.15, 0.2) is 6.20 Å². The van der Waals surface area contributed by atoms with Crippen molar-refractivity contribution in [2.24, 2.45) is 0 Å². The standard InChI is InChI=1S/C7H13N3S.BrH/c1-3-4-5-11-10-6-7(2)8-9-10;/h6H,3-5H2,1-2H3;1H. The third-order valence-electron chi connectivity index (χ3n) is 1.36. The van der Waals surface area contributed by atoms with Gasteiger partial charge in [-0.15, -0.1) is 0 Å². The van der Waals surface area contributed by atoms with Crippen molar-refractivity contribution in [3.63, 3.8) is 0 Å². The van der Waals surface area contributed by atoms with E-state index in [1.807, 2.05) is 17.2 Å². The third kappa shape index (κ3) is 4.11. The minimum absolute atomic E-state index is 0. The molecule has 1 rings (SSSR count). The molecule has 1 aromatic heterocycles. The SMILES string of the molecule is CCCCS[n+]1cc(C)n[nH]1.[Br-]. The fourth-order valence-electron chi connectivity index (χ4n) is 0.729. The number of nitrogens with zero attached hydrogens (tertiary/aromatic N) is 2. The zero-order valence-electron chi connectivity index (χ0n) is 7.38. The molecule has 0 aliphatic heterocycles. The second-order valence-electron chi connectivity index (χ2n) is 2.49. The van der Waals surface area contributed by atoms with Gasteiger partial charge in [0.05, 0.1) is 11.9 Å². The number of rotatable bonds is 4. The number of aromatic nitrogens is 3. The van der Waals surface area contributed by atoms with Crippen LogP contribution in [-0.4, -0.2) is 16.1 Å². The molecule has 0 atom stereocenters. The van der Waals surface area contributed by atoms with Crippen LogP contribution in [-0.2, 0) is 0 Å². The Morgan fingerprint density at radius 3 is 2.92 bits per heavy atom. The molecule has 0 amide bonds. The average molecular weight is 252 g/mol. The Hall–Kier alpha value is -0.0300. The zero-order chi connectivity index (χ0) is 8.10. The lowest BCUT2D eigenvalue weighted by atomic mass is 10.4. The van der Waals surface area contributed by atoms with Crippen LogP contribution in [0.5, 0.6) is 0 Å². The van der Waals surface area contributed by atoms with Crippen LogP contribution in [0.3, 0.4) is 0 Å². The summed E-state index contributed by atoms with van der Waals surface area (Å²) in [4.78, 5) is 0. The second-order valence-corrected chi connectivity index (χ2v) is 3.55. The van der Waals surface area contributed by atoms with Crippen molar-refractivity contribution >= 4 is 11.9 Å². The predicted octanol–water partition coefficient (Wildman–Crippen LogP) is -1.69. The molecule has 0 bridgehead atoms. The highest BCUT2D eigenvalue weighted by Gasteiger charge is 2.02. The van der Waals surface area contributed by atoms with Gasteiger partial charge in [0.1, 0.15) is 0 Å². The summed E-state index contributed by atoms with van der Waals surface area (Å²) in [5.41, 5.74) is 1.04. The number of hydrogen-bond donors (Lipinski definition) is 1. The van der Waals surface area contributed by atoms with Crippen LogP contribution in [0.1, 0.15) is 25.5 Å². The lowest BCUT2D eigenvalue weighted by Gasteiger charge is -1.89. The van der Waals surface area contributed by atoms with E-state index < -0.39 is 0 Å². The lowest BCUT2D eigenvalue weighted by Crippen LogP contribution is -3.00. The summed E-state index contributed by atoms with van der Waals surface area (Å²) in [6.45, 7) is 4.18. The van der Waals surface area contributed by atoms with Crippen LogP contribution in [0, 0.1) is 6.92 Å². The molecule has 0 unspecified atom stereocenters. The molecular weight excluding hydrogens is 238 g/mol. The summed E-state index contributed by atoms with van der Waals surface area (Å²) >= 11 is 1.76. The number of halogens is 1. The fourth-order valence-corrected chi connectivity index (χ4v) is 1.67. The maximum Gasteiger partial charge on any atom is 0.216 e. The Balaban J connectivity index is 0.00000121. The molecule has 0 spiro atoms. The summed E-state index contributed by atoms with van der Waals surface area (Å²) in [6, 6.07) is 0. The average Bonchev–Trinajstić information content (AvgIpc) is 2.37. The van der Waals surface area contributed by atoms with Crippen molar-refractivity contribution in [3.05, 3.63) is 11.9 Å². The molecule has 0 aliphatic carbocycles. The molecule has 0 saturated carbocycles. The maximum absolute atomic E-state index is 4.01. The van der Waals surface area contributed by atoms with Crippen molar-refractivity contribution in [1.29, 1.82) is 0 Å². The Labute approximate surface area is 87.8 Å². The Bertz CT molecular complexity index is 214. The molecule has 3 nitrogen and oxygen atoms in total. The zero-order valence-corrected chi connectivity index (χ0v) is 9.78. The van der Waals surface area contributed by atoms with Gasteiger partial charge in [-0.25, -0.2) is 0 Å². The van der Waals surface area contributed by atoms with Gasteiger partial charge in [0.15, 0.2) is 6.20 Å². The highest BCUT2D eigenvalue weighted by atomic mass is 79.9. The van der Waals surface area contributed by atoms with Gasteiger partial charge < -0.3 is 17.0 Å². The molecule has 5 heteroatoms. The predicted molar refractivity (Wildman–Crippen MR) is 46.3 cm³/mol. The summed E-state index contributed by atoms with van der Waals surface area (Å²) in [7, 11) is 0. The van der Waals surface area contributed by atoms with Crippen LogP contribution in [0.25, 0.3) is 0 Å². The monoisotopic (exact) mass is 251 g/mol. The number of hydrogen-bond acceptors (Lipinski definition) is 2. The van der Waals surface area contributed by atoms with Crippen LogP contribution >= 0.6 is 11.9 Å². The smallest absolute Gasteiger partial charge is 0.216 e. The van der Waals surface area contributed by atoms with E-state index in [0.29, 0.717) is 0 Å². The van der Waals surface area contributed by atoms with Gasteiger partial charge >= 0.3 is 0 Å². The van der Waals surface area contributed by atoms with E-state index in [2.05, 4.69) is 17.2 Å². The van der Waals surface area contributed by atoms with Gasteiger partial charge in [-0.2, -0.15) is 0 Å². The Morgan fingerprint density at radius 1 is 1.67 bits per heavy atom. The summed E-state index contributed by atoms with van der Waals surface area (Å²) < 4.78 is 1.95. The molecule has 1 aromatic rings. The van der Waals surface area contributed by atoms with E-state index in [9.17, 15) is 0 Å². The van der Waals surface area contributed by atoms with E-state index >= 15 is 0 Å². The van der Waals surface area contributed by atoms with Crippen molar-refractivity contribution < 1.29 is 21.1 Å². The van der Waals surface area contributed by atoms with Crippen molar-refractivity contribution in [2.75, 3.05) is 5.75 Å². The molecule has 70 valence electrons. The van der Waals surface area contributed by atoms with Crippen LogP contribution in [0.4, 0.5) is 0 Å². The molecule has 1 heterocycles. The minimum Gasteiger partial charge on any atom is -1.00 e. The Morgan fingerprint density at radius 2 is 2.42 bits per heavy atom. The largest absolute Gasteiger partial charge is 1.00 e. The van der Waals surface area contributed by atoms with E-state index in [1.54, 1.807) is 11.9 Å². The van der Waals surface area contributed by atoms with Crippen molar-refractivity contribution in [1.82, 2.24) is 10.3 Å². The minimum atomic E-state index is 0. The van der Waals surface area contributed by atoms with Crippen molar-refractivity contribution in [3.8, 4) is 0 Å². The first-order valence-electron chi connectivity index (χ1n) is 3.90. The highest BCUT2D eigenvalue weighted by molar-refractivity contribution is 7.92. The third-order valence-corrected chi connectivity index (χ3v) is 2.29. The molecule has 0 radical (unpaired) electrons. The molecule has 1 N–H and O–H groups in total. The summed E-state index contributed by atoms with van der Waals surface area (Å²) in [6.07, 6.45) is 4.51. The topological polar surface area (TPSA) is 32.6 Å². The first kappa shape index (κ1) is 12.0. The molecular formula is C7H14BrN3S. The van der Waals surface area contributed by atoms with Crippen LogP contribution in [0.2, 0.25) is 0 Å². The lowest BCUT2D eigenvalue weighted by molar-refractivity contribution is -0.564. The second kappa shape index (κ2) is 6.48. The number of aromatic amines is 1. The van der Waals surface area contributed by atoms with Gasteiger partial charge in [-0.05, 0) is 11.6 Å². The maximum atomic E-state index is 4.01. The molecule has 0 fully saturated rings. The van der Waals surface area contributed by atoms with E-state index in [1.165, 1.54) is 12.8 Å². The number of unbranched alkanes of at least 4 members (excludes halogenated alkanes) is 1. The number of nitrogens with one attached hydrogen (secondary N) is 1. The van der Waals surface area contributed by atoms with Crippen LogP contribution < -0.4 is 21.1 Å². The van der Waals surface area contributed by atoms with E-state index in [4.69, 9.17) is 0 Å². The normalized spacial score (nSPS) is 9.50. The van der Waals surface area contributed by atoms with Gasteiger partial charge in [-0.3, -0.25) is 0 Å². The summed E-state index contributed by atoms with van der Waals surface area (Å²) in [5, 5.41) is 6.91. The first-order chi connectivity index (χ1) is 5.33. The summed E-state index contributed by atoms with van der Waals surface area (Å²) in [5.74, 6) is 1.16. The first-order valence-corrected chi connectivity index (χ1v) is 4.84. The Kier molecular flexibility index (Phi) is 6.47. The van der Waals surface area contributed by atoms with Gasteiger partial charge in [0.2, 0.25) is 5.69 Å². The number of aryl methyl sites for hydroxylation is 1. The fraction of sp³-hybridized carbons (Fsp3) is 0.714. The quantitative estimate of drug-likeness (QED) is 0.512. The highest BCUT2D eigenvalue weighted by Crippen LogP contribution is 1.98. The molecule has 12 heavy (non-hydrogen) atoms. The number of H-pyrrole nitrogens is 1. The van der Waals surface area contributed by atoms with Gasteiger partial charge in [0, 0.05) is 17.8 Å². The van der Waals surface area contributed by atoms with Gasteiger partial charge in [0.25, 0.3) is 0 Å². The van der Waals surface area contributed by atoms with Gasteiger partial charge in [-0.1, -0.05) is 17.4 Å².